The smallest absolute Gasteiger partial charge is 0.200 e. The van der Waals surface area contributed by atoms with Gasteiger partial charge >= 0.3 is 0 Å². The monoisotopic (exact) mass is 305 g/mol. The molecule has 0 unspecified atom stereocenters. The van der Waals surface area contributed by atoms with Crippen LogP contribution in [0.3, 0.4) is 0 Å². The van der Waals surface area contributed by atoms with Crippen molar-refractivity contribution in [3.8, 4) is 0 Å². The van der Waals surface area contributed by atoms with Crippen molar-refractivity contribution in [2.24, 2.45) is 0 Å². The molecule has 0 saturated carbocycles. The lowest BCUT2D eigenvalue weighted by atomic mass is 10.1. The molecule has 0 amide bonds. The number of rotatable bonds is 4. The van der Waals surface area contributed by atoms with Crippen LogP contribution in [0.5, 0.6) is 0 Å². The molecule has 0 aliphatic carbocycles. The fraction of sp³-hybridized carbons (Fsp3) is 0.643. The normalized spacial score (nSPS) is 30.8. The Balaban J connectivity index is 1.60. The van der Waals surface area contributed by atoms with E-state index in [0.717, 1.165) is 17.8 Å². The van der Waals surface area contributed by atoms with Gasteiger partial charge < -0.3 is 19.5 Å². The van der Waals surface area contributed by atoms with Crippen molar-refractivity contribution in [1.29, 1.82) is 0 Å². The van der Waals surface area contributed by atoms with Gasteiger partial charge in [0.05, 0.1) is 30.6 Å². The predicted octanol–water partition coefficient (Wildman–Crippen LogP) is 0.280. The molecular formula is C14H19N5O3. The minimum absolute atomic E-state index is 0.00792. The maximum absolute atomic E-state index is 5.84. The first-order valence-corrected chi connectivity index (χ1v) is 7.52. The summed E-state index contributed by atoms with van der Waals surface area (Å²) in [5.41, 5.74) is 2.59. The van der Waals surface area contributed by atoms with Gasteiger partial charge in [0.15, 0.2) is 0 Å². The number of methoxy groups -OCH3 is 1. The van der Waals surface area contributed by atoms with E-state index in [1.165, 1.54) is 0 Å². The van der Waals surface area contributed by atoms with Crippen molar-refractivity contribution in [2.75, 3.05) is 25.6 Å². The summed E-state index contributed by atoms with van der Waals surface area (Å²) >= 11 is 0. The Labute approximate surface area is 127 Å². The van der Waals surface area contributed by atoms with Gasteiger partial charge in [-0.05, 0) is 12.5 Å². The van der Waals surface area contributed by atoms with Crippen LogP contribution < -0.4 is 5.32 Å². The van der Waals surface area contributed by atoms with Gasteiger partial charge in [0.2, 0.25) is 5.65 Å². The Morgan fingerprint density at radius 2 is 2.23 bits per heavy atom. The number of ether oxygens (including phenoxy) is 3. The van der Waals surface area contributed by atoms with Crippen molar-refractivity contribution in [3.05, 3.63) is 18.1 Å². The minimum atomic E-state index is -0.0103. The van der Waals surface area contributed by atoms with Crippen molar-refractivity contribution < 1.29 is 14.2 Å². The number of nitrogens with one attached hydrogen (secondary N) is 1. The Bertz CT molecular complexity index is 676. The van der Waals surface area contributed by atoms with Crippen LogP contribution in [0.25, 0.3) is 5.65 Å². The molecule has 2 fully saturated rings. The second-order valence-corrected chi connectivity index (χ2v) is 5.62. The molecule has 8 nitrogen and oxygen atoms in total. The molecule has 2 aliphatic heterocycles. The lowest BCUT2D eigenvalue weighted by molar-refractivity contribution is -0.00757. The van der Waals surface area contributed by atoms with Gasteiger partial charge in [-0.1, -0.05) is 6.92 Å². The summed E-state index contributed by atoms with van der Waals surface area (Å²) in [6, 6.07) is 2.08. The molecular weight excluding hydrogens is 286 g/mol. The number of aryl methyl sites for hydroxylation is 1. The molecule has 2 aliphatic rings. The number of aromatic nitrogens is 4. The molecule has 2 aromatic rings. The van der Waals surface area contributed by atoms with Crippen LogP contribution in [0.1, 0.15) is 12.6 Å². The molecule has 118 valence electrons. The first-order chi connectivity index (χ1) is 10.8. The van der Waals surface area contributed by atoms with Gasteiger partial charge in [0.1, 0.15) is 24.6 Å². The zero-order chi connectivity index (χ0) is 15.1. The molecule has 22 heavy (non-hydrogen) atoms. The number of nitrogens with zero attached hydrogens (tertiary/aromatic N) is 4. The molecule has 8 heteroatoms. The number of anilines is 1. The Morgan fingerprint density at radius 3 is 3.05 bits per heavy atom. The van der Waals surface area contributed by atoms with Crippen molar-refractivity contribution in [2.45, 2.75) is 37.7 Å². The fourth-order valence-electron chi connectivity index (χ4n) is 3.15. The quantitative estimate of drug-likeness (QED) is 0.868. The third kappa shape index (κ3) is 2.15. The molecule has 4 heterocycles. The van der Waals surface area contributed by atoms with Crippen molar-refractivity contribution >= 4 is 11.3 Å². The van der Waals surface area contributed by atoms with Crippen LogP contribution in [0.2, 0.25) is 0 Å². The summed E-state index contributed by atoms with van der Waals surface area (Å²) in [7, 11) is 1.69. The van der Waals surface area contributed by atoms with Gasteiger partial charge in [-0.2, -0.15) is 9.61 Å². The molecule has 4 rings (SSSR count). The van der Waals surface area contributed by atoms with E-state index >= 15 is 0 Å². The van der Waals surface area contributed by atoms with E-state index in [-0.39, 0.29) is 24.4 Å². The zero-order valence-corrected chi connectivity index (χ0v) is 12.6. The van der Waals surface area contributed by atoms with Crippen LogP contribution in [-0.2, 0) is 20.6 Å². The first kappa shape index (κ1) is 13.9. The van der Waals surface area contributed by atoms with E-state index in [9.17, 15) is 0 Å². The second-order valence-electron chi connectivity index (χ2n) is 5.62. The van der Waals surface area contributed by atoms with Crippen LogP contribution >= 0.6 is 0 Å². The molecule has 4 atom stereocenters. The van der Waals surface area contributed by atoms with Gasteiger partial charge in [-0.15, -0.1) is 10.2 Å². The van der Waals surface area contributed by atoms with E-state index in [0.29, 0.717) is 18.9 Å². The van der Waals surface area contributed by atoms with E-state index in [1.807, 2.05) is 6.07 Å². The summed E-state index contributed by atoms with van der Waals surface area (Å²) in [6.07, 6.45) is 2.45. The Kier molecular flexibility index (Phi) is 3.44. The third-order valence-electron chi connectivity index (χ3n) is 4.33. The van der Waals surface area contributed by atoms with Crippen LogP contribution in [-0.4, -0.2) is 64.5 Å². The predicted molar refractivity (Wildman–Crippen MR) is 77.8 cm³/mol. The summed E-state index contributed by atoms with van der Waals surface area (Å²) in [4.78, 5) is 0. The van der Waals surface area contributed by atoms with Crippen molar-refractivity contribution in [1.82, 2.24) is 19.8 Å². The third-order valence-corrected chi connectivity index (χ3v) is 4.33. The summed E-state index contributed by atoms with van der Waals surface area (Å²) in [6.45, 7) is 3.22. The number of hydrogen-bond donors (Lipinski definition) is 1. The van der Waals surface area contributed by atoms with Gasteiger partial charge in [-0.3, -0.25) is 0 Å². The van der Waals surface area contributed by atoms with Gasteiger partial charge in [-0.25, -0.2) is 0 Å². The average molecular weight is 305 g/mol. The molecule has 1 N–H and O–H groups in total. The lowest BCUT2D eigenvalue weighted by Crippen LogP contribution is -2.36. The van der Waals surface area contributed by atoms with Gasteiger partial charge in [0.25, 0.3) is 0 Å². The van der Waals surface area contributed by atoms with E-state index < -0.39 is 0 Å². The summed E-state index contributed by atoms with van der Waals surface area (Å²) < 4.78 is 18.8. The average Bonchev–Trinajstić information content (AvgIpc) is 3.23. The minimum Gasteiger partial charge on any atom is -0.376 e. The Hall–Kier alpha value is -1.77. The molecule has 0 aromatic carbocycles. The summed E-state index contributed by atoms with van der Waals surface area (Å²) in [5.74, 6) is 0. The fourth-order valence-corrected chi connectivity index (χ4v) is 3.15. The van der Waals surface area contributed by atoms with Crippen LogP contribution in [0.4, 0.5) is 5.69 Å². The van der Waals surface area contributed by atoms with E-state index in [4.69, 9.17) is 14.2 Å². The number of fused-ring (bicyclic) bond motifs is 2. The molecule has 2 saturated heterocycles. The first-order valence-electron chi connectivity index (χ1n) is 7.52. The highest BCUT2D eigenvalue weighted by Gasteiger charge is 2.48. The van der Waals surface area contributed by atoms with Crippen LogP contribution in [0, 0.1) is 0 Å². The van der Waals surface area contributed by atoms with Crippen LogP contribution in [0.15, 0.2) is 12.4 Å². The maximum atomic E-state index is 5.84. The lowest BCUT2D eigenvalue weighted by Gasteiger charge is -2.19. The van der Waals surface area contributed by atoms with E-state index in [1.54, 1.807) is 18.0 Å². The van der Waals surface area contributed by atoms with Crippen molar-refractivity contribution in [3.63, 3.8) is 0 Å². The summed E-state index contributed by atoms with van der Waals surface area (Å²) in [5, 5.41) is 16.0. The Morgan fingerprint density at radius 1 is 1.36 bits per heavy atom. The maximum Gasteiger partial charge on any atom is 0.200 e. The number of hydrogen-bond acceptors (Lipinski definition) is 7. The SMILES string of the molecule is CCc1cc(N[C@@H]2CO[C@H]3[C@@H]2OC[C@H]3OC)c2nncn2n1. The second kappa shape index (κ2) is 5.45. The van der Waals surface area contributed by atoms with Gasteiger partial charge in [0, 0.05) is 7.11 Å². The highest BCUT2D eigenvalue weighted by Crippen LogP contribution is 2.31. The zero-order valence-electron chi connectivity index (χ0n) is 12.6. The molecule has 2 aromatic heterocycles. The molecule has 0 bridgehead atoms. The highest BCUT2D eigenvalue weighted by atomic mass is 16.6. The largest absolute Gasteiger partial charge is 0.376 e. The van der Waals surface area contributed by atoms with E-state index in [2.05, 4.69) is 27.5 Å². The topological polar surface area (TPSA) is 82.8 Å². The molecule has 0 spiro atoms. The highest BCUT2D eigenvalue weighted by molar-refractivity contribution is 5.67. The molecule has 0 radical (unpaired) electrons. The standard InChI is InChI=1S/C14H19N5O3/c1-3-8-4-9(14-17-15-7-19(14)18-8)16-10-5-21-13-11(20-2)6-22-12(10)13/h4,7,10-13,16H,3,5-6H2,1-2H3/t10-,11-,12-,13-/m1/s1.